The van der Waals surface area contributed by atoms with Crippen molar-refractivity contribution in [3.8, 4) is 0 Å². The number of hydrogen-bond acceptors (Lipinski definition) is 1. The van der Waals surface area contributed by atoms with E-state index in [-0.39, 0.29) is 11.4 Å². The Morgan fingerprint density at radius 2 is 1.62 bits per heavy atom. The monoisotopic (exact) mass is 290 g/mol. The zero-order chi connectivity index (χ0) is 15.0. The van der Waals surface area contributed by atoms with Crippen LogP contribution in [-0.4, -0.2) is 10.9 Å². The van der Waals surface area contributed by atoms with Crippen molar-refractivity contribution in [2.45, 2.75) is 0 Å². The van der Waals surface area contributed by atoms with Crippen LogP contribution in [0.3, 0.4) is 0 Å². The number of aromatic amines is 1. The van der Waals surface area contributed by atoms with Gasteiger partial charge in [-0.05, 0) is 36.4 Å². The van der Waals surface area contributed by atoms with Crippen molar-refractivity contribution < 1.29 is 18.0 Å². The smallest absolute Gasteiger partial charge is 0.272 e. The summed E-state index contributed by atoms with van der Waals surface area (Å²) in [5, 5.41) is 2.90. The summed E-state index contributed by atoms with van der Waals surface area (Å²) in [5.41, 5.74) is 0.759. The molecular weight excluding hydrogens is 281 g/mol. The lowest BCUT2D eigenvalue weighted by atomic mass is 10.2. The number of nitrogens with one attached hydrogen (secondary N) is 2. The number of fused-ring (bicyclic) bond motifs is 1. The fourth-order valence-corrected chi connectivity index (χ4v) is 2.05. The van der Waals surface area contributed by atoms with Gasteiger partial charge >= 0.3 is 0 Å². The maximum Gasteiger partial charge on any atom is 0.272 e. The summed E-state index contributed by atoms with van der Waals surface area (Å²) in [6.07, 6.45) is 0. The fraction of sp³-hybridized carbons (Fsp3) is 0. The van der Waals surface area contributed by atoms with E-state index in [9.17, 15) is 18.0 Å². The van der Waals surface area contributed by atoms with Gasteiger partial charge in [0.25, 0.3) is 5.91 Å². The first-order chi connectivity index (χ1) is 10.0. The molecule has 1 amide bonds. The summed E-state index contributed by atoms with van der Waals surface area (Å²) in [6, 6.07) is 8.23. The molecular formula is C15H9F3N2O. The Hall–Kier alpha value is -2.76. The van der Waals surface area contributed by atoms with Crippen LogP contribution < -0.4 is 5.32 Å². The van der Waals surface area contributed by atoms with Gasteiger partial charge in [0, 0.05) is 22.7 Å². The number of hydrogen-bond donors (Lipinski definition) is 2. The summed E-state index contributed by atoms with van der Waals surface area (Å²) >= 11 is 0. The number of carbonyl (C=O) groups excluding carboxylic acids is 1. The van der Waals surface area contributed by atoms with Crippen molar-refractivity contribution in [1.82, 2.24) is 4.98 Å². The van der Waals surface area contributed by atoms with Crippen molar-refractivity contribution in [2.24, 2.45) is 0 Å². The highest BCUT2D eigenvalue weighted by Crippen LogP contribution is 2.18. The molecule has 0 radical (unpaired) electrons. The molecule has 21 heavy (non-hydrogen) atoms. The maximum atomic E-state index is 13.1. The van der Waals surface area contributed by atoms with E-state index in [1.54, 1.807) is 0 Å². The first-order valence-corrected chi connectivity index (χ1v) is 6.07. The van der Waals surface area contributed by atoms with Crippen LogP contribution >= 0.6 is 0 Å². The Kier molecular flexibility index (Phi) is 3.13. The predicted octanol–water partition coefficient (Wildman–Crippen LogP) is 3.84. The molecule has 0 aliphatic rings. The number of carbonyl (C=O) groups is 1. The summed E-state index contributed by atoms with van der Waals surface area (Å²) < 4.78 is 39.2. The number of benzene rings is 2. The second-order valence-electron chi connectivity index (χ2n) is 4.53. The summed E-state index contributed by atoms with van der Waals surface area (Å²) in [4.78, 5) is 14.8. The standard InChI is InChI=1S/C15H9F3N2O/c16-9-1-2-13-8(3-9)4-14(20-13)15(21)19-12-6-10(17)5-11(18)7-12/h1-7,20H,(H,19,21). The lowest BCUT2D eigenvalue weighted by Crippen LogP contribution is -2.12. The molecule has 0 unspecified atom stereocenters. The van der Waals surface area contributed by atoms with Crippen LogP contribution in [0.15, 0.2) is 42.5 Å². The molecule has 2 aromatic carbocycles. The van der Waals surface area contributed by atoms with Gasteiger partial charge in [0.1, 0.15) is 23.1 Å². The summed E-state index contributed by atoms with van der Waals surface area (Å²) in [7, 11) is 0. The largest absolute Gasteiger partial charge is 0.351 e. The van der Waals surface area contributed by atoms with Gasteiger partial charge in [-0.3, -0.25) is 4.79 Å². The van der Waals surface area contributed by atoms with Crippen LogP contribution in [0.4, 0.5) is 18.9 Å². The van der Waals surface area contributed by atoms with Crippen molar-refractivity contribution >= 4 is 22.5 Å². The third-order valence-corrected chi connectivity index (χ3v) is 2.95. The van der Waals surface area contributed by atoms with Crippen molar-refractivity contribution in [1.29, 1.82) is 0 Å². The lowest BCUT2D eigenvalue weighted by Gasteiger charge is -2.04. The quantitative estimate of drug-likeness (QED) is 0.740. The van der Waals surface area contributed by atoms with E-state index < -0.39 is 23.4 Å². The van der Waals surface area contributed by atoms with E-state index in [2.05, 4.69) is 10.3 Å². The highest BCUT2D eigenvalue weighted by atomic mass is 19.1. The molecule has 0 saturated carbocycles. The van der Waals surface area contributed by atoms with E-state index in [1.165, 1.54) is 24.3 Å². The zero-order valence-electron chi connectivity index (χ0n) is 10.6. The van der Waals surface area contributed by atoms with Gasteiger partial charge in [-0.15, -0.1) is 0 Å². The molecule has 3 rings (SSSR count). The molecule has 0 aliphatic heterocycles. The van der Waals surface area contributed by atoms with Gasteiger partial charge in [0.05, 0.1) is 0 Å². The minimum absolute atomic E-state index is 0.00216. The number of H-pyrrole nitrogens is 1. The minimum Gasteiger partial charge on any atom is -0.351 e. The van der Waals surface area contributed by atoms with E-state index >= 15 is 0 Å². The van der Waals surface area contributed by atoms with E-state index in [1.807, 2.05) is 0 Å². The molecule has 6 heteroatoms. The van der Waals surface area contributed by atoms with Gasteiger partial charge in [-0.1, -0.05) is 0 Å². The molecule has 0 fully saturated rings. The molecule has 3 aromatic rings. The Morgan fingerprint density at radius 1 is 0.905 bits per heavy atom. The molecule has 1 aromatic heterocycles. The van der Waals surface area contributed by atoms with E-state index in [0.29, 0.717) is 17.0 Å². The second-order valence-corrected chi connectivity index (χ2v) is 4.53. The van der Waals surface area contributed by atoms with Crippen molar-refractivity contribution in [3.05, 3.63) is 65.6 Å². The highest BCUT2D eigenvalue weighted by Gasteiger charge is 2.11. The first kappa shape index (κ1) is 13.2. The summed E-state index contributed by atoms with van der Waals surface area (Å²) in [5.74, 6) is -2.56. The molecule has 1 heterocycles. The SMILES string of the molecule is O=C(Nc1cc(F)cc(F)c1)c1cc2cc(F)ccc2[nH]1. The number of amides is 1. The lowest BCUT2D eigenvalue weighted by molar-refractivity contribution is 0.102. The van der Waals surface area contributed by atoms with Crippen LogP contribution in [0.1, 0.15) is 10.5 Å². The molecule has 106 valence electrons. The van der Waals surface area contributed by atoms with Crippen LogP contribution in [0.2, 0.25) is 0 Å². The van der Waals surface area contributed by atoms with Crippen LogP contribution in [0, 0.1) is 17.5 Å². The Morgan fingerprint density at radius 3 is 2.33 bits per heavy atom. The average molecular weight is 290 g/mol. The third-order valence-electron chi connectivity index (χ3n) is 2.95. The molecule has 0 atom stereocenters. The van der Waals surface area contributed by atoms with Crippen molar-refractivity contribution in [3.63, 3.8) is 0 Å². The van der Waals surface area contributed by atoms with Crippen LogP contribution in [0.25, 0.3) is 10.9 Å². The highest BCUT2D eigenvalue weighted by molar-refractivity contribution is 6.05. The Bertz CT molecular complexity index is 822. The molecule has 3 nitrogen and oxygen atoms in total. The molecule has 0 bridgehead atoms. The maximum absolute atomic E-state index is 13.1. The Labute approximate surface area is 117 Å². The zero-order valence-corrected chi connectivity index (χ0v) is 10.6. The topological polar surface area (TPSA) is 44.9 Å². The second kappa shape index (κ2) is 4.97. The van der Waals surface area contributed by atoms with Gasteiger partial charge in [-0.25, -0.2) is 13.2 Å². The molecule has 0 saturated heterocycles. The molecule has 0 spiro atoms. The fourth-order valence-electron chi connectivity index (χ4n) is 2.05. The number of anilines is 1. The van der Waals surface area contributed by atoms with Gasteiger partial charge < -0.3 is 10.3 Å². The summed E-state index contributed by atoms with van der Waals surface area (Å²) in [6.45, 7) is 0. The van der Waals surface area contributed by atoms with E-state index in [4.69, 9.17) is 0 Å². The molecule has 2 N–H and O–H groups in total. The average Bonchev–Trinajstić information content (AvgIpc) is 2.80. The van der Waals surface area contributed by atoms with E-state index in [0.717, 1.165) is 12.1 Å². The van der Waals surface area contributed by atoms with Gasteiger partial charge in [0.2, 0.25) is 0 Å². The van der Waals surface area contributed by atoms with Crippen LogP contribution in [0.5, 0.6) is 0 Å². The number of aromatic nitrogens is 1. The third kappa shape index (κ3) is 2.74. The van der Waals surface area contributed by atoms with Crippen molar-refractivity contribution in [2.75, 3.05) is 5.32 Å². The normalized spacial score (nSPS) is 10.8. The van der Waals surface area contributed by atoms with Gasteiger partial charge in [-0.2, -0.15) is 0 Å². The van der Waals surface area contributed by atoms with Gasteiger partial charge in [0.15, 0.2) is 0 Å². The first-order valence-electron chi connectivity index (χ1n) is 6.07. The number of halogens is 3. The minimum atomic E-state index is -0.788. The predicted molar refractivity (Wildman–Crippen MR) is 72.6 cm³/mol. The Balaban J connectivity index is 1.89. The van der Waals surface area contributed by atoms with Crippen LogP contribution in [-0.2, 0) is 0 Å². The number of rotatable bonds is 2. The molecule has 0 aliphatic carbocycles.